The lowest BCUT2D eigenvalue weighted by molar-refractivity contribution is 0.0686. The van der Waals surface area contributed by atoms with E-state index in [2.05, 4.69) is 17.3 Å². The standard InChI is InChI=1S/C15H14N2O2/c1-9-8-12(16-19-9)15(18)17-13-6-7-14(17)11-5-3-2-4-10(11)13/h2-5,8,13-14H,6-7H2,1H3. The summed E-state index contributed by atoms with van der Waals surface area (Å²) in [5, 5.41) is 3.85. The van der Waals surface area contributed by atoms with Crippen LogP contribution in [0.1, 0.15) is 52.3 Å². The van der Waals surface area contributed by atoms with Gasteiger partial charge in [0.2, 0.25) is 0 Å². The molecule has 2 aliphatic heterocycles. The number of hydrogen-bond acceptors (Lipinski definition) is 3. The average Bonchev–Trinajstić information content (AvgIpc) is 3.11. The molecule has 3 heterocycles. The minimum atomic E-state index is -0.0134. The van der Waals surface area contributed by atoms with Crippen LogP contribution in [0.25, 0.3) is 0 Å². The first kappa shape index (κ1) is 10.8. The molecule has 1 amide bonds. The molecule has 1 aromatic carbocycles. The summed E-state index contributed by atoms with van der Waals surface area (Å²) in [4.78, 5) is 14.6. The van der Waals surface area contributed by atoms with Crippen LogP contribution < -0.4 is 0 Å². The van der Waals surface area contributed by atoms with Crippen LogP contribution in [-0.2, 0) is 0 Å². The van der Waals surface area contributed by atoms with Crippen molar-refractivity contribution < 1.29 is 9.32 Å². The second-order valence-corrected chi connectivity index (χ2v) is 5.27. The fourth-order valence-electron chi connectivity index (χ4n) is 3.42. The summed E-state index contributed by atoms with van der Waals surface area (Å²) in [7, 11) is 0. The molecule has 2 atom stereocenters. The molecule has 19 heavy (non-hydrogen) atoms. The number of aromatic nitrogens is 1. The number of nitrogens with zero attached hydrogens (tertiary/aromatic N) is 2. The van der Waals surface area contributed by atoms with Crippen molar-refractivity contribution in [3.63, 3.8) is 0 Å². The lowest BCUT2D eigenvalue weighted by atomic mass is 9.92. The molecule has 0 radical (unpaired) electrons. The number of aryl methyl sites for hydroxylation is 1. The van der Waals surface area contributed by atoms with Gasteiger partial charge >= 0.3 is 0 Å². The number of carbonyl (C=O) groups excluding carboxylic acids is 1. The molecule has 2 aromatic rings. The van der Waals surface area contributed by atoms with Crippen LogP contribution in [0.3, 0.4) is 0 Å². The highest BCUT2D eigenvalue weighted by Gasteiger charge is 2.46. The lowest BCUT2D eigenvalue weighted by Crippen LogP contribution is -2.28. The maximum absolute atomic E-state index is 12.6. The van der Waals surface area contributed by atoms with Crippen LogP contribution in [0.2, 0.25) is 0 Å². The molecule has 0 aliphatic carbocycles. The first-order valence-corrected chi connectivity index (χ1v) is 6.60. The fourth-order valence-corrected chi connectivity index (χ4v) is 3.42. The van der Waals surface area contributed by atoms with Gasteiger partial charge in [-0.3, -0.25) is 4.79 Å². The van der Waals surface area contributed by atoms with E-state index in [0.717, 1.165) is 12.8 Å². The van der Waals surface area contributed by atoms with E-state index in [-0.39, 0.29) is 18.0 Å². The molecular formula is C15H14N2O2. The smallest absolute Gasteiger partial charge is 0.277 e. The molecule has 2 aliphatic rings. The van der Waals surface area contributed by atoms with Gasteiger partial charge in [0.25, 0.3) is 5.91 Å². The highest BCUT2D eigenvalue weighted by molar-refractivity contribution is 5.93. The Morgan fingerprint density at radius 1 is 1.26 bits per heavy atom. The second kappa shape index (κ2) is 3.70. The number of hydrogen-bond donors (Lipinski definition) is 0. The summed E-state index contributed by atoms with van der Waals surface area (Å²) in [6.45, 7) is 1.80. The molecule has 0 saturated carbocycles. The van der Waals surface area contributed by atoms with Gasteiger partial charge in [0.15, 0.2) is 5.69 Å². The van der Waals surface area contributed by atoms with Crippen LogP contribution in [0.15, 0.2) is 34.9 Å². The van der Waals surface area contributed by atoms with Crippen LogP contribution >= 0.6 is 0 Å². The summed E-state index contributed by atoms with van der Waals surface area (Å²) in [5.41, 5.74) is 3.02. The van der Waals surface area contributed by atoms with Crippen LogP contribution in [0, 0.1) is 6.92 Å². The summed E-state index contributed by atoms with van der Waals surface area (Å²) in [5.74, 6) is 0.660. The van der Waals surface area contributed by atoms with Crippen molar-refractivity contribution in [2.24, 2.45) is 0 Å². The minimum Gasteiger partial charge on any atom is -0.361 e. The molecule has 2 bridgehead atoms. The number of fused-ring (bicyclic) bond motifs is 5. The van der Waals surface area contributed by atoms with Crippen molar-refractivity contribution in [3.05, 3.63) is 52.9 Å². The van der Waals surface area contributed by atoms with E-state index in [1.807, 2.05) is 17.0 Å². The predicted octanol–water partition coefficient (Wildman–Crippen LogP) is 3.02. The van der Waals surface area contributed by atoms with Crippen molar-refractivity contribution in [1.82, 2.24) is 10.1 Å². The molecule has 1 aromatic heterocycles. The Labute approximate surface area is 111 Å². The zero-order chi connectivity index (χ0) is 13.0. The number of amides is 1. The zero-order valence-electron chi connectivity index (χ0n) is 10.7. The summed E-state index contributed by atoms with van der Waals surface area (Å²) in [6.07, 6.45) is 2.09. The molecule has 4 heteroatoms. The van der Waals surface area contributed by atoms with E-state index in [9.17, 15) is 4.79 Å². The largest absolute Gasteiger partial charge is 0.361 e. The Morgan fingerprint density at radius 2 is 1.89 bits per heavy atom. The van der Waals surface area contributed by atoms with Crippen molar-refractivity contribution in [3.8, 4) is 0 Å². The number of carbonyl (C=O) groups is 1. The third-order valence-corrected chi connectivity index (χ3v) is 4.18. The first-order valence-electron chi connectivity index (χ1n) is 6.60. The van der Waals surface area contributed by atoms with Gasteiger partial charge in [-0.1, -0.05) is 29.4 Å². The monoisotopic (exact) mass is 254 g/mol. The second-order valence-electron chi connectivity index (χ2n) is 5.27. The number of benzene rings is 1. The Kier molecular flexibility index (Phi) is 2.10. The third-order valence-electron chi connectivity index (χ3n) is 4.18. The van der Waals surface area contributed by atoms with E-state index in [0.29, 0.717) is 11.5 Å². The highest BCUT2D eigenvalue weighted by Crippen LogP contribution is 2.53. The minimum absolute atomic E-state index is 0.0134. The summed E-state index contributed by atoms with van der Waals surface area (Å²) in [6, 6.07) is 10.5. The average molecular weight is 254 g/mol. The highest BCUT2D eigenvalue weighted by atomic mass is 16.5. The summed E-state index contributed by atoms with van der Waals surface area (Å²) >= 11 is 0. The molecule has 4 nitrogen and oxygen atoms in total. The predicted molar refractivity (Wildman–Crippen MR) is 68.6 cm³/mol. The van der Waals surface area contributed by atoms with Crippen LogP contribution in [0.4, 0.5) is 0 Å². The van der Waals surface area contributed by atoms with Crippen molar-refractivity contribution >= 4 is 5.91 Å². The van der Waals surface area contributed by atoms with Gasteiger partial charge in [0, 0.05) is 6.07 Å². The van der Waals surface area contributed by atoms with E-state index in [4.69, 9.17) is 4.52 Å². The molecule has 0 N–H and O–H groups in total. The van der Waals surface area contributed by atoms with Gasteiger partial charge in [-0.05, 0) is 30.9 Å². The topological polar surface area (TPSA) is 46.3 Å². The third kappa shape index (κ3) is 1.40. The maximum Gasteiger partial charge on any atom is 0.277 e. The van der Waals surface area contributed by atoms with Gasteiger partial charge in [0.1, 0.15) is 5.76 Å². The molecule has 0 spiro atoms. The van der Waals surface area contributed by atoms with Gasteiger partial charge in [-0.2, -0.15) is 0 Å². The fraction of sp³-hybridized carbons (Fsp3) is 0.333. The molecule has 1 fully saturated rings. The van der Waals surface area contributed by atoms with E-state index < -0.39 is 0 Å². The van der Waals surface area contributed by atoms with Crippen molar-refractivity contribution in [2.75, 3.05) is 0 Å². The summed E-state index contributed by atoms with van der Waals surface area (Å²) < 4.78 is 5.02. The van der Waals surface area contributed by atoms with E-state index in [1.165, 1.54) is 11.1 Å². The molecule has 96 valence electrons. The Balaban J connectivity index is 1.74. The van der Waals surface area contributed by atoms with Gasteiger partial charge < -0.3 is 9.42 Å². The molecule has 2 unspecified atom stereocenters. The van der Waals surface area contributed by atoms with E-state index in [1.54, 1.807) is 13.0 Å². The van der Waals surface area contributed by atoms with Gasteiger partial charge in [0.05, 0.1) is 12.1 Å². The molecular weight excluding hydrogens is 240 g/mol. The van der Waals surface area contributed by atoms with E-state index >= 15 is 0 Å². The SMILES string of the molecule is Cc1cc(C(=O)N2C3CCC2c2ccccc23)no1. The first-order chi connectivity index (χ1) is 9.25. The van der Waals surface area contributed by atoms with Crippen LogP contribution in [0.5, 0.6) is 0 Å². The Bertz CT molecular complexity index is 631. The van der Waals surface area contributed by atoms with Crippen molar-refractivity contribution in [1.29, 1.82) is 0 Å². The Morgan fingerprint density at radius 3 is 2.42 bits per heavy atom. The van der Waals surface area contributed by atoms with Crippen molar-refractivity contribution in [2.45, 2.75) is 31.8 Å². The molecule has 4 rings (SSSR count). The Hall–Kier alpha value is -2.10. The maximum atomic E-state index is 12.6. The normalized spacial score (nSPS) is 23.7. The quantitative estimate of drug-likeness (QED) is 0.785. The van der Waals surface area contributed by atoms with Gasteiger partial charge in [-0.25, -0.2) is 0 Å². The lowest BCUT2D eigenvalue weighted by Gasteiger charge is -2.21. The number of rotatable bonds is 1. The molecule has 1 saturated heterocycles. The van der Waals surface area contributed by atoms with Crippen LogP contribution in [-0.4, -0.2) is 16.0 Å². The zero-order valence-corrected chi connectivity index (χ0v) is 10.7. The van der Waals surface area contributed by atoms with Gasteiger partial charge in [-0.15, -0.1) is 0 Å².